The molecule has 5 heteroatoms. The molecule has 1 saturated heterocycles. The van der Waals surface area contributed by atoms with Crippen molar-refractivity contribution in [2.45, 2.75) is 13.2 Å². The second-order valence-corrected chi connectivity index (χ2v) is 5.00. The van der Waals surface area contributed by atoms with Gasteiger partial charge in [-0.1, -0.05) is 30.3 Å². The summed E-state index contributed by atoms with van der Waals surface area (Å²) in [6.07, 6.45) is 0.0586. The van der Waals surface area contributed by atoms with Crippen LogP contribution in [0, 0.1) is 0 Å². The molecule has 3 rings (SSSR count). The van der Waals surface area contributed by atoms with Gasteiger partial charge in [0.05, 0.1) is 6.61 Å². The van der Waals surface area contributed by atoms with Crippen LogP contribution in [0.2, 0.25) is 0 Å². The Kier molecular flexibility index (Phi) is 5.10. The smallest absolute Gasteiger partial charge is 0.275 e. The first-order chi connectivity index (χ1) is 9.31. The Labute approximate surface area is 134 Å². The SMILES string of the molecule is CCOC1CNC(=S)[NH+]1c1cccc2ccccc12.[Br-]. The van der Waals surface area contributed by atoms with Crippen LogP contribution in [-0.4, -0.2) is 24.5 Å². The molecule has 2 aromatic carbocycles. The van der Waals surface area contributed by atoms with E-state index < -0.39 is 0 Å². The molecule has 2 N–H and O–H groups in total. The van der Waals surface area contributed by atoms with E-state index in [-0.39, 0.29) is 23.2 Å². The van der Waals surface area contributed by atoms with E-state index in [2.05, 4.69) is 47.8 Å². The van der Waals surface area contributed by atoms with E-state index in [1.54, 1.807) is 0 Å². The molecule has 2 aromatic rings. The first-order valence-corrected chi connectivity index (χ1v) is 6.97. The van der Waals surface area contributed by atoms with Crippen LogP contribution in [0.15, 0.2) is 42.5 Å². The van der Waals surface area contributed by atoms with Crippen molar-refractivity contribution in [3.05, 3.63) is 42.5 Å². The summed E-state index contributed by atoms with van der Waals surface area (Å²) in [6, 6.07) is 14.7. The molecule has 0 bridgehead atoms. The summed E-state index contributed by atoms with van der Waals surface area (Å²) in [5.74, 6) is 0. The molecule has 106 valence electrons. The first kappa shape index (κ1) is 15.4. The van der Waals surface area contributed by atoms with Crippen molar-refractivity contribution in [1.29, 1.82) is 0 Å². The fourth-order valence-corrected chi connectivity index (χ4v) is 2.95. The molecule has 1 fully saturated rings. The lowest BCUT2D eigenvalue weighted by atomic mass is 10.1. The van der Waals surface area contributed by atoms with Crippen molar-refractivity contribution in [3.8, 4) is 0 Å². The number of nitrogens with one attached hydrogen (secondary N) is 2. The van der Waals surface area contributed by atoms with Crippen LogP contribution in [0.5, 0.6) is 0 Å². The standard InChI is InChI=1S/C15H16N2OS.BrH/c1-2-18-14-10-16-15(19)17(14)13-9-5-7-11-6-3-4-8-12(11)13;/h3-9,14H,2,10H2,1H3,(H,16,19);1H. The molecule has 3 nitrogen and oxygen atoms in total. The summed E-state index contributed by atoms with van der Waals surface area (Å²) in [5, 5.41) is 6.52. The molecular formula is C15H17BrN2OS. The summed E-state index contributed by atoms with van der Waals surface area (Å²) in [5.41, 5.74) is 1.19. The molecule has 2 atom stereocenters. The maximum atomic E-state index is 5.80. The Morgan fingerprint density at radius 2 is 2.00 bits per heavy atom. The minimum Gasteiger partial charge on any atom is -1.00 e. The van der Waals surface area contributed by atoms with Gasteiger partial charge in [0.15, 0.2) is 0 Å². The second kappa shape index (κ2) is 6.63. The maximum Gasteiger partial charge on any atom is 0.275 e. The predicted molar refractivity (Wildman–Crippen MR) is 80.6 cm³/mol. The van der Waals surface area contributed by atoms with Gasteiger partial charge in [-0.25, -0.2) is 4.90 Å². The van der Waals surface area contributed by atoms with Crippen LogP contribution in [0.1, 0.15) is 6.92 Å². The zero-order chi connectivity index (χ0) is 13.2. The molecule has 0 aromatic heterocycles. The summed E-state index contributed by atoms with van der Waals surface area (Å²) >= 11 is 5.45. The van der Waals surface area contributed by atoms with Gasteiger partial charge in [0, 0.05) is 23.7 Å². The highest BCUT2D eigenvalue weighted by Gasteiger charge is 2.36. The van der Waals surface area contributed by atoms with E-state index in [0.717, 1.165) is 16.6 Å². The quantitative estimate of drug-likeness (QED) is 0.666. The fraction of sp³-hybridized carbons (Fsp3) is 0.267. The molecule has 0 aliphatic carbocycles. The van der Waals surface area contributed by atoms with Crippen molar-refractivity contribution in [3.63, 3.8) is 0 Å². The number of benzene rings is 2. The second-order valence-electron chi connectivity index (χ2n) is 4.59. The van der Waals surface area contributed by atoms with Crippen LogP contribution in [-0.2, 0) is 4.74 Å². The largest absolute Gasteiger partial charge is 1.00 e. The number of halogens is 1. The molecule has 0 radical (unpaired) electrons. The third-order valence-electron chi connectivity index (χ3n) is 3.46. The van der Waals surface area contributed by atoms with Crippen LogP contribution in [0.4, 0.5) is 5.69 Å². The van der Waals surface area contributed by atoms with Gasteiger partial charge < -0.3 is 27.0 Å². The number of hydrogen-bond donors (Lipinski definition) is 2. The topological polar surface area (TPSA) is 25.7 Å². The van der Waals surface area contributed by atoms with Gasteiger partial charge in [-0.05, 0) is 18.4 Å². The highest BCUT2D eigenvalue weighted by molar-refractivity contribution is 7.79. The highest BCUT2D eigenvalue weighted by atomic mass is 79.9. The van der Waals surface area contributed by atoms with Gasteiger partial charge in [0.25, 0.3) is 5.11 Å². The lowest BCUT2D eigenvalue weighted by Gasteiger charge is -2.19. The van der Waals surface area contributed by atoms with Crippen LogP contribution in [0.3, 0.4) is 0 Å². The number of hydrogen-bond acceptors (Lipinski definition) is 2. The van der Waals surface area contributed by atoms with Crippen LogP contribution < -0.4 is 27.2 Å². The van der Waals surface area contributed by atoms with E-state index in [1.807, 2.05) is 6.92 Å². The van der Waals surface area contributed by atoms with Gasteiger partial charge in [-0.2, -0.15) is 0 Å². The normalized spacial score (nSPS) is 21.6. The van der Waals surface area contributed by atoms with Gasteiger partial charge in [-0.3, -0.25) is 0 Å². The molecule has 2 unspecified atom stereocenters. The lowest BCUT2D eigenvalue weighted by Crippen LogP contribution is -3.12. The first-order valence-electron chi connectivity index (χ1n) is 6.56. The van der Waals surface area contributed by atoms with E-state index in [4.69, 9.17) is 17.0 Å². The Morgan fingerprint density at radius 1 is 1.25 bits per heavy atom. The molecule has 0 spiro atoms. The number of ether oxygens (including phenoxy) is 1. The van der Waals surface area contributed by atoms with E-state index in [1.165, 1.54) is 16.5 Å². The van der Waals surface area contributed by atoms with E-state index >= 15 is 0 Å². The van der Waals surface area contributed by atoms with Gasteiger partial charge in [0.1, 0.15) is 12.2 Å². The number of rotatable bonds is 3. The molecule has 20 heavy (non-hydrogen) atoms. The van der Waals surface area contributed by atoms with Gasteiger partial charge >= 0.3 is 0 Å². The number of quaternary nitrogens is 1. The van der Waals surface area contributed by atoms with Crippen LogP contribution >= 0.6 is 12.2 Å². The average Bonchev–Trinajstić information content (AvgIpc) is 2.80. The van der Waals surface area contributed by atoms with E-state index in [9.17, 15) is 0 Å². The fourth-order valence-electron chi connectivity index (χ4n) is 2.63. The van der Waals surface area contributed by atoms with Gasteiger partial charge in [-0.15, -0.1) is 0 Å². The molecule has 0 amide bonds. The third-order valence-corrected chi connectivity index (χ3v) is 3.83. The predicted octanol–water partition coefficient (Wildman–Crippen LogP) is -1.39. The molecule has 0 saturated carbocycles. The van der Waals surface area contributed by atoms with Crippen molar-refractivity contribution in [2.75, 3.05) is 13.2 Å². The van der Waals surface area contributed by atoms with E-state index in [0.29, 0.717) is 6.61 Å². The maximum absolute atomic E-state index is 5.80. The van der Waals surface area contributed by atoms with Crippen molar-refractivity contribution >= 4 is 33.8 Å². The lowest BCUT2D eigenvalue weighted by molar-refractivity contribution is -0.782. The Balaban J connectivity index is 0.00000147. The van der Waals surface area contributed by atoms with Crippen molar-refractivity contribution in [2.24, 2.45) is 0 Å². The highest BCUT2D eigenvalue weighted by Crippen LogP contribution is 2.20. The minimum absolute atomic E-state index is 0. The summed E-state index contributed by atoms with van der Waals surface area (Å²) in [6.45, 7) is 3.48. The Bertz CT molecular complexity index is 614. The molecule has 1 aliphatic rings. The Hall–Kier alpha value is -1.01. The monoisotopic (exact) mass is 352 g/mol. The van der Waals surface area contributed by atoms with Crippen molar-refractivity contribution in [1.82, 2.24) is 5.32 Å². The summed E-state index contributed by atoms with van der Waals surface area (Å²) < 4.78 is 5.80. The van der Waals surface area contributed by atoms with Crippen LogP contribution in [0.25, 0.3) is 10.8 Å². The minimum atomic E-state index is 0. The third kappa shape index (κ3) is 2.72. The summed E-state index contributed by atoms with van der Waals surface area (Å²) in [4.78, 5) is 1.12. The zero-order valence-corrected chi connectivity index (χ0v) is 13.6. The Morgan fingerprint density at radius 3 is 2.80 bits per heavy atom. The summed E-state index contributed by atoms with van der Waals surface area (Å²) in [7, 11) is 0. The zero-order valence-electron chi connectivity index (χ0n) is 11.2. The molecular weight excluding hydrogens is 336 g/mol. The average molecular weight is 353 g/mol. The van der Waals surface area contributed by atoms with Gasteiger partial charge in [0.2, 0.25) is 6.23 Å². The number of fused-ring (bicyclic) bond motifs is 1. The van der Waals surface area contributed by atoms with Crippen molar-refractivity contribution < 1.29 is 26.6 Å². The molecule has 1 aliphatic heterocycles. The number of thiocarbonyl (C=S) groups is 1. The molecule has 1 heterocycles.